The number of nitrogens with one attached hydrogen (secondary N) is 1. The highest BCUT2D eigenvalue weighted by molar-refractivity contribution is 5.94. The third-order valence-corrected chi connectivity index (χ3v) is 4.70. The van der Waals surface area contributed by atoms with Crippen molar-refractivity contribution < 1.29 is 9.53 Å². The lowest BCUT2D eigenvalue weighted by atomic mass is 9.89. The fraction of sp³-hybridized carbons (Fsp3) is 0.318. The molecule has 3 rings (SSSR count). The van der Waals surface area contributed by atoms with E-state index >= 15 is 0 Å². The van der Waals surface area contributed by atoms with Gasteiger partial charge < -0.3 is 10.1 Å². The molecule has 2 aromatic rings. The summed E-state index contributed by atoms with van der Waals surface area (Å²) in [5, 5.41) is 3.09. The fourth-order valence-electron chi connectivity index (χ4n) is 3.24. The zero-order chi connectivity index (χ0) is 17.6. The number of ether oxygens (including phenoxy) is 1. The number of amides is 1. The molecule has 0 fully saturated rings. The molecule has 0 unspecified atom stereocenters. The van der Waals surface area contributed by atoms with E-state index in [1.54, 1.807) is 18.2 Å². The van der Waals surface area contributed by atoms with Crippen molar-refractivity contribution in [1.82, 2.24) is 5.32 Å². The molecule has 3 nitrogen and oxygen atoms in total. The molecule has 0 spiro atoms. The first kappa shape index (κ1) is 17.3. The Labute approximate surface area is 149 Å². The standard InChI is InChI=1S/C22H25NO2/c1-3-14-25-21-12-10-18(11-13-21)22(24)23-16(2)19-9-8-17-6-4-5-7-20(17)15-19/h3,8-13,15-16H,1,4-7,14H2,2H3,(H,23,24)/t16-/m0/s1. The van der Waals surface area contributed by atoms with Crippen molar-refractivity contribution in [2.45, 2.75) is 38.6 Å². The largest absolute Gasteiger partial charge is 0.490 e. The Morgan fingerprint density at radius 1 is 1.16 bits per heavy atom. The van der Waals surface area contributed by atoms with E-state index in [1.807, 2.05) is 19.1 Å². The van der Waals surface area contributed by atoms with Gasteiger partial charge in [0.1, 0.15) is 12.4 Å². The molecular formula is C22H25NO2. The first-order chi connectivity index (χ1) is 12.2. The minimum absolute atomic E-state index is 0.0172. The molecule has 3 heteroatoms. The molecule has 0 aliphatic heterocycles. The number of benzene rings is 2. The van der Waals surface area contributed by atoms with Gasteiger partial charge in [-0.1, -0.05) is 30.9 Å². The van der Waals surface area contributed by atoms with Crippen LogP contribution < -0.4 is 10.1 Å². The van der Waals surface area contributed by atoms with Crippen LogP contribution in [0.5, 0.6) is 5.75 Å². The van der Waals surface area contributed by atoms with Crippen molar-refractivity contribution in [2.75, 3.05) is 6.61 Å². The number of aryl methyl sites for hydroxylation is 2. The zero-order valence-electron chi connectivity index (χ0n) is 14.8. The molecule has 0 saturated carbocycles. The van der Waals surface area contributed by atoms with E-state index in [2.05, 4.69) is 30.1 Å². The highest BCUT2D eigenvalue weighted by atomic mass is 16.5. The van der Waals surface area contributed by atoms with Gasteiger partial charge in [-0.25, -0.2) is 0 Å². The third kappa shape index (κ3) is 4.30. The molecule has 1 N–H and O–H groups in total. The number of carbonyl (C=O) groups excluding carboxylic acids is 1. The lowest BCUT2D eigenvalue weighted by Gasteiger charge is -2.20. The highest BCUT2D eigenvalue weighted by Crippen LogP contribution is 2.25. The SMILES string of the molecule is C=CCOc1ccc(C(=O)N[C@@H](C)c2ccc3c(c2)CCCC3)cc1. The quantitative estimate of drug-likeness (QED) is 0.782. The van der Waals surface area contributed by atoms with Crippen molar-refractivity contribution in [3.63, 3.8) is 0 Å². The van der Waals surface area contributed by atoms with Crippen LogP contribution in [0, 0.1) is 0 Å². The number of fused-ring (bicyclic) bond motifs is 1. The van der Waals surface area contributed by atoms with E-state index in [-0.39, 0.29) is 11.9 Å². The molecule has 0 radical (unpaired) electrons. The van der Waals surface area contributed by atoms with Crippen LogP contribution in [0.4, 0.5) is 0 Å². The Balaban J connectivity index is 1.64. The van der Waals surface area contributed by atoms with E-state index in [0.29, 0.717) is 12.2 Å². The monoisotopic (exact) mass is 335 g/mol. The molecule has 2 aromatic carbocycles. The van der Waals surface area contributed by atoms with Crippen LogP contribution in [0.1, 0.15) is 52.9 Å². The van der Waals surface area contributed by atoms with Crippen LogP contribution in [0.15, 0.2) is 55.1 Å². The van der Waals surface area contributed by atoms with Crippen molar-refractivity contribution in [1.29, 1.82) is 0 Å². The Bertz CT molecular complexity index is 749. The summed E-state index contributed by atoms with van der Waals surface area (Å²) < 4.78 is 5.44. The maximum atomic E-state index is 12.5. The summed E-state index contributed by atoms with van der Waals surface area (Å²) in [6, 6.07) is 13.8. The van der Waals surface area contributed by atoms with Gasteiger partial charge >= 0.3 is 0 Å². The summed E-state index contributed by atoms with van der Waals surface area (Å²) in [6.45, 7) is 6.11. The second-order valence-electron chi connectivity index (χ2n) is 6.55. The topological polar surface area (TPSA) is 38.3 Å². The van der Waals surface area contributed by atoms with Gasteiger partial charge in [-0.05, 0) is 73.6 Å². The summed E-state index contributed by atoms with van der Waals surface area (Å²) in [4.78, 5) is 12.5. The van der Waals surface area contributed by atoms with E-state index in [0.717, 1.165) is 12.2 Å². The number of carbonyl (C=O) groups is 1. The summed E-state index contributed by atoms with van der Waals surface area (Å²) in [7, 11) is 0. The zero-order valence-corrected chi connectivity index (χ0v) is 14.8. The Morgan fingerprint density at radius 3 is 2.60 bits per heavy atom. The van der Waals surface area contributed by atoms with Crippen LogP contribution >= 0.6 is 0 Å². The predicted molar refractivity (Wildman–Crippen MR) is 101 cm³/mol. The molecule has 0 saturated heterocycles. The van der Waals surface area contributed by atoms with Crippen LogP contribution in [-0.4, -0.2) is 12.5 Å². The van der Waals surface area contributed by atoms with Gasteiger partial charge in [-0.3, -0.25) is 4.79 Å². The van der Waals surface area contributed by atoms with Crippen LogP contribution in [0.25, 0.3) is 0 Å². The molecular weight excluding hydrogens is 310 g/mol. The lowest BCUT2D eigenvalue weighted by Crippen LogP contribution is -2.26. The number of rotatable bonds is 6. The lowest BCUT2D eigenvalue weighted by molar-refractivity contribution is 0.0940. The maximum Gasteiger partial charge on any atom is 0.251 e. The fourth-order valence-corrected chi connectivity index (χ4v) is 3.24. The molecule has 1 aliphatic rings. The highest BCUT2D eigenvalue weighted by Gasteiger charge is 2.15. The molecule has 1 amide bonds. The van der Waals surface area contributed by atoms with Crippen molar-refractivity contribution in [3.8, 4) is 5.75 Å². The summed E-state index contributed by atoms with van der Waals surface area (Å²) >= 11 is 0. The Hall–Kier alpha value is -2.55. The third-order valence-electron chi connectivity index (χ3n) is 4.70. The van der Waals surface area contributed by atoms with Crippen LogP contribution in [0.2, 0.25) is 0 Å². The summed E-state index contributed by atoms with van der Waals surface area (Å²) in [5.74, 6) is 0.666. The summed E-state index contributed by atoms with van der Waals surface area (Å²) in [5.41, 5.74) is 4.70. The van der Waals surface area contributed by atoms with Gasteiger partial charge in [0.25, 0.3) is 5.91 Å². The molecule has 0 heterocycles. The number of hydrogen-bond donors (Lipinski definition) is 1. The van der Waals surface area contributed by atoms with Crippen LogP contribution in [-0.2, 0) is 12.8 Å². The molecule has 130 valence electrons. The first-order valence-corrected chi connectivity index (χ1v) is 8.93. The van der Waals surface area contributed by atoms with Gasteiger partial charge in [-0.15, -0.1) is 0 Å². The average Bonchev–Trinajstić information content (AvgIpc) is 2.66. The number of hydrogen-bond acceptors (Lipinski definition) is 2. The second kappa shape index (κ2) is 8.02. The average molecular weight is 335 g/mol. The van der Waals surface area contributed by atoms with Gasteiger partial charge in [0, 0.05) is 5.56 Å². The maximum absolute atomic E-state index is 12.5. The first-order valence-electron chi connectivity index (χ1n) is 8.93. The Kier molecular flexibility index (Phi) is 5.54. The van der Waals surface area contributed by atoms with Gasteiger partial charge in [0.15, 0.2) is 0 Å². The van der Waals surface area contributed by atoms with Crippen LogP contribution in [0.3, 0.4) is 0 Å². The van der Waals surface area contributed by atoms with E-state index in [4.69, 9.17) is 4.74 Å². The van der Waals surface area contributed by atoms with Crippen molar-refractivity contribution >= 4 is 5.91 Å². The second-order valence-corrected chi connectivity index (χ2v) is 6.55. The Morgan fingerprint density at radius 2 is 1.88 bits per heavy atom. The van der Waals surface area contributed by atoms with Gasteiger partial charge in [0.05, 0.1) is 6.04 Å². The van der Waals surface area contributed by atoms with E-state index in [1.165, 1.54) is 36.0 Å². The predicted octanol–water partition coefficient (Wildman–Crippen LogP) is 4.62. The van der Waals surface area contributed by atoms with Crippen molar-refractivity contribution in [3.05, 3.63) is 77.4 Å². The van der Waals surface area contributed by atoms with E-state index < -0.39 is 0 Å². The minimum Gasteiger partial charge on any atom is -0.490 e. The summed E-state index contributed by atoms with van der Waals surface area (Å²) in [6.07, 6.45) is 6.57. The molecule has 0 bridgehead atoms. The van der Waals surface area contributed by atoms with Gasteiger partial charge in [0.2, 0.25) is 0 Å². The van der Waals surface area contributed by atoms with Crippen molar-refractivity contribution in [2.24, 2.45) is 0 Å². The van der Waals surface area contributed by atoms with E-state index in [9.17, 15) is 4.79 Å². The smallest absolute Gasteiger partial charge is 0.251 e. The normalized spacial score (nSPS) is 14.3. The molecule has 1 aliphatic carbocycles. The van der Waals surface area contributed by atoms with Gasteiger partial charge in [-0.2, -0.15) is 0 Å². The molecule has 0 aromatic heterocycles. The minimum atomic E-state index is -0.0690. The molecule has 25 heavy (non-hydrogen) atoms. The molecule has 1 atom stereocenters.